The van der Waals surface area contributed by atoms with Crippen molar-refractivity contribution < 1.29 is 14.3 Å². The summed E-state index contributed by atoms with van der Waals surface area (Å²) < 4.78 is 10.6. The third-order valence-electron chi connectivity index (χ3n) is 2.48. The van der Waals surface area contributed by atoms with Crippen LogP contribution in [0, 0.1) is 0 Å². The molecule has 6 heteroatoms. The zero-order valence-corrected chi connectivity index (χ0v) is 10.6. The van der Waals surface area contributed by atoms with Crippen molar-refractivity contribution in [1.82, 2.24) is 5.32 Å². The molecule has 1 aromatic carbocycles. The predicted molar refractivity (Wildman–Crippen MR) is 69.0 cm³/mol. The van der Waals surface area contributed by atoms with Gasteiger partial charge in [-0.25, -0.2) is 4.79 Å². The molecule has 1 aromatic rings. The van der Waals surface area contributed by atoms with Crippen LogP contribution in [-0.2, 0) is 9.47 Å². The molecular weight excluding hydrogens is 256 g/mol. The molecule has 0 aromatic heterocycles. The molecule has 1 heterocycles. The van der Waals surface area contributed by atoms with Gasteiger partial charge in [0.05, 0.1) is 25.9 Å². The summed E-state index contributed by atoms with van der Waals surface area (Å²) in [5.41, 5.74) is 0.692. The molecule has 2 rings (SSSR count). The summed E-state index contributed by atoms with van der Waals surface area (Å²) in [5.74, 6) is 0. The van der Waals surface area contributed by atoms with Crippen LogP contribution >= 0.6 is 11.6 Å². The molecule has 2 N–H and O–H groups in total. The highest BCUT2D eigenvalue weighted by molar-refractivity contribution is 6.30. The van der Waals surface area contributed by atoms with E-state index in [9.17, 15) is 4.79 Å². The fraction of sp³-hybridized carbons (Fsp3) is 0.417. The van der Waals surface area contributed by atoms with Gasteiger partial charge in [-0.3, -0.25) is 0 Å². The number of ether oxygens (including phenoxy) is 2. The lowest BCUT2D eigenvalue weighted by Gasteiger charge is -2.23. The number of hydrogen-bond donors (Lipinski definition) is 2. The summed E-state index contributed by atoms with van der Waals surface area (Å²) in [7, 11) is 0. The Hall–Kier alpha value is -1.30. The van der Waals surface area contributed by atoms with Crippen molar-refractivity contribution >= 4 is 23.3 Å². The molecule has 18 heavy (non-hydrogen) atoms. The summed E-state index contributed by atoms with van der Waals surface area (Å²) in [4.78, 5) is 11.6. The monoisotopic (exact) mass is 270 g/mol. The number of carbonyl (C=O) groups is 1. The zero-order chi connectivity index (χ0) is 12.8. The van der Waals surface area contributed by atoms with Crippen molar-refractivity contribution in [1.29, 1.82) is 0 Å². The van der Waals surface area contributed by atoms with Gasteiger partial charge in [-0.15, -0.1) is 0 Å². The first-order chi connectivity index (χ1) is 8.74. The van der Waals surface area contributed by atoms with Crippen molar-refractivity contribution in [2.45, 2.75) is 6.10 Å². The summed E-state index contributed by atoms with van der Waals surface area (Å²) in [5, 5.41) is 6.06. The molecule has 1 fully saturated rings. The largest absolute Gasteiger partial charge is 0.376 e. The van der Waals surface area contributed by atoms with Crippen molar-refractivity contribution in [2.24, 2.45) is 0 Å². The number of benzene rings is 1. The predicted octanol–water partition coefficient (Wildman–Crippen LogP) is 1.88. The maximum atomic E-state index is 11.6. The molecule has 0 saturated carbocycles. The number of nitrogens with one attached hydrogen (secondary N) is 2. The molecule has 98 valence electrons. The number of urea groups is 1. The molecule has 5 nitrogen and oxygen atoms in total. The highest BCUT2D eigenvalue weighted by Gasteiger charge is 2.14. The second-order valence-electron chi connectivity index (χ2n) is 3.91. The lowest BCUT2D eigenvalue weighted by molar-refractivity contribution is -0.0852. The number of amides is 2. The fourth-order valence-corrected chi connectivity index (χ4v) is 1.70. The summed E-state index contributed by atoms with van der Waals surface area (Å²) in [6, 6.07) is 6.64. The summed E-state index contributed by atoms with van der Waals surface area (Å²) >= 11 is 5.75. The number of anilines is 1. The van der Waals surface area contributed by atoms with E-state index in [-0.39, 0.29) is 12.1 Å². The van der Waals surface area contributed by atoms with E-state index in [1.54, 1.807) is 24.3 Å². The SMILES string of the molecule is O=C(NC[C@@H]1COCCO1)Nc1ccc(Cl)cc1. The number of carbonyl (C=O) groups excluding carboxylic acids is 1. The van der Waals surface area contributed by atoms with Crippen LogP contribution < -0.4 is 10.6 Å². The maximum absolute atomic E-state index is 11.6. The standard InChI is InChI=1S/C12H15ClN2O3/c13-9-1-3-10(4-2-9)15-12(16)14-7-11-8-17-5-6-18-11/h1-4,11H,5-8H2,(H2,14,15,16)/t11-/m1/s1. The molecule has 2 amide bonds. The second-order valence-corrected chi connectivity index (χ2v) is 4.35. The molecule has 1 aliphatic rings. The summed E-state index contributed by atoms with van der Waals surface area (Å²) in [6.07, 6.45) is -0.0743. The Morgan fingerprint density at radius 3 is 2.78 bits per heavy atom. The van der Waals surface area contributed by atoms with Gasteiger partial charge in [0.15, 0.2) is 0 Å². The molecular formula is C12H15ClN2O3. The van der Waals surface area contributed by atoms with Gasteiger partial charge in [0.1, 0.15) is 0 Å². The lowest BCUT2D eigenvalue weighted by Crippen LogP contribution is -2.41. The topological polar surface area (TPSA) is 59.6 Å². The van der Waals surface area contributed by atoms with Crippen LogP contribution in [0.3, 0.4) is 0 Å². The second kappa shape index (κ2) is 6.58. The minimum Gasteiger partial charge on any atom is -0.376 e. The highest BCUT2D eigenvalue weighted by Crippen LogP contribution is 2.13. The number of hydrogen-bond acceptors (Lipinski definition) is 3. The minimum absolute atomic E-state index is 0.0743. The van der Waals surface area contributed by atoms with Gasteiger partial charge >= 0.3 is 6.03 Å². The summed E-state index contributed by atoms with van der Waals surface area (Å²) in [6.45, 7) is 2.14. The Labute approximate surface area is 110 Å². The van der Waals surface area contributed by atoms with Gasteiger partial charge in [-0.05, 0) is 24.3 Å². The molecule has 0 radical (unpaired) electrons. The van der Waals surface area contributed by atoms with Gasteiger partial charge in [0.2, 0.25) is 0 Å². The first kappa shape index (κ1) is 13.1. The van der Waals surface area contributed by atoms with Crippen LogP contribution in [0.2, 0.25) is 5.02 Å². The third-order valence-corrected chi connectivity index (χ3v) is 2.73. The Balaban J connectivity index is 1.73. The van der Waals surface area contributed by atoms with Gasteiger partial charge in [-0.2, -0.15) is 0 Å². The van der Waals surface area contributed by atoms with Crippen molar-refractivity contribution in [3.05, 3.63) is 29.3 Å². The van der Waals surface area contributed by atoms with Gasteiger partial charge in [0, 0.05) is 17.3 Å². The van der Waals surface area contributed by atoms with Crippen molar-refractivity contribution in [2.75, 3.05) is 31.7 Å². The van der Waals surface area contributed by atoms with E-state index in [4.69, 9.17) is 21.1 Å². The lowest BCUT2D eigenvalue weighted by atomic mass is 10.3. The van der Waals surface area contributed by atoms with Crippen LogP contribution in [0.5, 0.6) is 0 Å². The van der Waals surface area contributed by atoms with Crippen LogP contribution in [0.15, 0.2) is 24.3 Å². The highest BCUT2D eigenvalue weighted by atomic mass is 35.5. The Kier molecular flexibility index (Phi) is 4.81. The van der Waals surface area contributed by atoms with E-state index in [1.807, 2.05) is 0 Å². The normalized spacial score (nSPS) is 19.3. The number of halogens is 1. The maximum Gasteiger partial charge on any atom is 0.319 e. The number of rotatable bonds is 3. The van der Waals surface area contributed by atoms with E-state index >= 15 is 0 Å². The quantitative estimate of drug-likeness (QED) is 0.882. The van der Waals surface area contributed by atoms with E-state index in [0.29, 0.717) is 37.1 Å². The smallest absolute Gasteiger partial charge is 0.319 e. The van der Waals surface area contributed by atoms with Crippen LogP contribution in [0.25, 0.3) is 0 Å². The minimum atomic E-state index is -0.272. The fourth-order valence-electron chi connectivity index (χ4n) is 1.57. The Morgan fingerprint density at radius 2 is 2.11 bits per heavy atom. The molecule has 0 spiro atoms. The molecule has 1 atom stereocenters. The Morgan fingerprint density at radius 1 is 1.33 bits per heavy atom. The van der Waals surface area contributed by atoms with Crippen LogP contribution in [0.4, 0.5) is 10.5 Å². The first-order valence-corrected chi connectivity index (χ1v) is 6.11. The van der Waals surface area contributed by atoms with E-state index in [2.05, 4.69) is 10.6 Å². The van der Waals surface area contributed by atoms with Gasteiger partial charge in [-0.1, -0.05) is 11.6 Å². The van der Waals surface area contributed by atoms with E-state index in [0.717, 1.165) is 0 Å². The first-order valence-electron chi connectivity index (χ1n) is 5.74. The van der Waals surface area contributed by atoms with Gasteiger partial charge < -0.3 is 20.1 Å². The van der Waals surface area contributed by atoms with Crippen LogP contribution in [-0.4, -0.2) is 38.5 Å². The molecule has 1 aliphatic heterocycles. The molecule has 0 bridgehead atoms. The third kappa shape index (κ3) is 4.18. The van der Waals surface area contributed by atoms with E-state index in [1.165, 1.54) is 0 Å². The average Bonchev–Trinajstić information content (AvgIpc) is 2.40. The average molecular weight is 271 g/mol. The van der Waals surface area contributed by atoms with Crippen LogP contribution in [0.1, 0.15) is 0 Å². The molecule has 0 unspecified atom stereocenters. The molecule has 0 aliphatic carbocycles. The molecule has 1 saturated heterocycles. The Bertz CT molecular complexity index is 391. The zero-order valence-electron chi connectivity index (χ0n) is 9.82. The van der Waals surface area contributed by atoms with E-state index < -0.39 is 0 Å². The van der Waals surface area contributed by atoms with Gasteiger partial charge in [0.25, 0.3) is 0 Å². The van der Waals surface area contributed by atoms with Crippen molar-refractivity contribution in [3.8, 4) is 0 Å². The van der Waals surface area contributed by atoms with Crippen molar-refractivity contribution in [3.63, 3.8) is 0 Å².